The summed E-state index contributed by atoms with van der Waals surface area (Å²) in [5.41, 5.74) is 2.47. The molecular formula is C17H22N4O2S. The van der Waals surface area contributed by atoms with Gasteiger partial charge in [0.15, 0.2) is 0 Å². The molecule has 0 saturated heterocycles. The zero-order valence-electron chi connectivity index (χ0n) is 14.1. The van der Waals surface area contributed by atoms with Gasteiger partial charge in [-0.3, -0.25) is 4.79 Å². The van der Waals surface area contributed by atoms with E-state index >= 15 is 0 Å². The highest BCUT2D eigenvalue weighted by Gasteiger charge is 2.07. The van der Waals surface area contributed by atoms with Crippen molar-refractivity contribution in [1.29, 1.82) is 0 Å². The third kappa shape index (κ3) is 5.66. The third-order valence-corrected chi connectivity index (χ3v) is 4.12. The second-order valence-corrected chi connectivity index (χ2v) is 6.69. The fourth-order valence-corrected chi connectivity index (χ4v) is 2.72. The monoisotopic (exact) mass is 346 g/mol. The van der Waals surface area contributed by atoms with Crippen molar-refractivity contribution < 1.29 is 9.59 Å². The van der Waals surface area contributed by atoms with Crippen LogP contribution in [0.3, 0.4) is 0 Å². The fourth-order valence-electron chi connectivity index (χ4n) is 2.01. The number of benzene rings is 1. The SMILES string of the molecule is Cc1csc(CNC(=O)c2ccc(CNC(=O)NC(C)C)cc2)n1. The van der Waals surface area contributed by atoms with Crippen molar-refractivity contribution in [2.75, 3.05) is 0 Å². The van der Waals surface area contributed by atoms with Gasteiger partial charge in [-0.25, -0.2) is 9.78 Å². The van der Waals surface area contributed by atoms with Gasteiger partial charge < -0.3 is 16.0 Å². The number of aromatic nitrogens is 1. The first-order valence-corrected chi connectivity index (χ1v) is 8.64. The van der Waals surface area contributed by atoms with Gasteiger partial charge in [-0.2, -0.15) is 0 Å². The number of hydrogen-bond donors (Lipinski definition) is 3. The molecule has 1 heterocycles. The summed E-state index contributed by atoms with van der Waals surface area (Å²) in [5.74, 6) is -0.139. The van der Waals surface area contributed by atoms with Crippen LogP contribution in [0.2, 0.25) is 0 Å². The van der Waals surface area contributed by atoms with Crippen molar-refractivity contribution in [2.45, 2.75) is 39.9 Å². The molecule has 2 rings (SSSR count). The van der Waals surface area contributed by atoms with Gasteiger partial charge in [0.2, 0.25) is 0 Å². The summed E-state index contributed by atoms with van der Waals surface area (Å²) in [6.45, 7) is 6.57. The molecule has 2 aromatic rings. The summed E-state index contributed by atoms with van der Waals surface area (Å²) in [6.07, 6.45) is 0. The number of carbonyl (C=O) groups is 2. The van der Waals surface area contributed by atoms with Crippen molar-refractivity contribution in [3.05, 3.63) is 51.5 Å². The molecule has 128 valence electrons. The molecule has 0 aliphatic rings. The molecule has 1 aromatic heterocycles. The second-order valence-electron chi connectivity index (χ2n) is 5.74. The molecule has 6 nitrogen and oxygen atoms in total. The minimum atomic E-state index is -0.203. The van der Waals surface area contributed by atoms with Crippen LogP contribution in [0, 0.1) is 6.92 Å². The van der Waals surface area contributed by atoms with Crippen molar-refractivity contribution in [2.24, 2.45) is 0 Å². The van der Waals surface area contributed by atoms with Crippen LogP contribution in [-0.4, -0.2) is 23.0 Å². The lowest BCUT2D eigenvalue weighted by Crippen LogP contribution is -2.39. The highest BCUT2D eigenvalue weighted by Crippen LogP contribution is 2.09. The van der Waals surface area contributed by atoms with E-state index in [4.69, 9.17) is 0 Å². The standard InChI is InChI=1S/C17H22N4O2S/c1-11(2)20-17(23)19-8-13-4-6-14(7-5-13)16(22)18-9-15-21-12(3)10-24-15/h4-7,10-11H,8-9H2,1-3H3,(H,18,22)(H2,19,20,23). The van der Waals surface area contributed by atoms with E-state index in [0.717, 1.165) is 16.3 Å². The second kappa shape index (κ2) is 8.44. The Hall–Kier alpha value is -2.41. The summed E-state index contributed by atoms with van der Waals surface area (Å²) in [4.78, 5) is 28.0. The highest BCUT2D eigenvalue weighted by atomic mass is 32.1. The van der Waals surface area contributed by atoms with E-state index in [2.05, 4.69) is 20.9 Å². The van der Waals surface area contributed by atoms with Gasteiger partial charge in [0.05, 0.1) is 6.54 Å². The molecule has 0 aliphatic heterocycles. The minimum Gasteiger partial charge on any atom is -0.346 e. The number of nitrogens with zero attached hydrogens (tertiary/aromatic N) is 1. The van der Waals surface area contributed by atoms with Crippen molar-refractivity contribution >= 4 is 23.3 Å². The molecule has 24 heavy (non-hydrogen) atoms. The Morgan fingerprint density at radius 2 is 1.83 bits per heavy atom. The lowest BCUT2D eigenvalue weighted by Gasteiger charge is -2.10. The number of urea groups is 1. The van der Waals surface area contributed by atoms with Crippen LogP contribution in [-0.2, 0) is 13.1 Å². The Balaban J connectivity index is 1.82. The predicted molar refractivity (Wildman–Crippen MR) is 95.0 cm³/mol. The van der Waals surface area contributed by atoms with Crippen LogP contribution in [0.5, 0.6) is 0 Å². The molecule has 3 N–H and O–H groups in total. The molecule has 0 saturated carbocycles. The number of hydrogen-bond acceptors (Lipinski definition) is 4. The third-order valence-electron chi connectivity index (χ3n) is 3.16. The molecule has 1 aromatic carbocycles. The Morgan fingerprint density at radius 3 is 2.42 bits per heavy atom. The lowest BCUT2D eigenvalue weighted by molar-refractivity contribution is 0.0951. The Labute approximate surface area is 145 Å². The molecule has 0 unspecified atom stereocenters. The van der Waals surface area contributed by atoms with Gasteiger partial charge in [-0.1, -0.05) is 12.1 Å². The summed E-state index contributed by atoms with van der Waals surface area (Å²) >= 11 is 1.53. The molecule has 0 radical (unpaired) electrons. The average Bonchev–Trinajstić information content (AvgIpc) is 2.96. The smallest absolute Gasteiger partial charge is 0.315 e. The zero-order valence-corrected chi connectivity index (χ0v) is 14.9. The van der Waals surface area contributed by atoms with Crippen molar-refractivity contribution in [1.82, 2.24) is 20.9 Å². The summed E-state index contributed by atoms with van der Waals surface area (Å²) in [7, 11) is 0. The molecule has 0 aliphatic carbocycles. The van der Waals surface area contributed by atoms with E-state index in [1.807, 2.05) is 38.3 Å². The highest BCUT2D eigenvalue weighted by molar-refractivity contribution is 7.09. The Kier molecular flexibility index (Phi) is 6.31. The van der Waals surface area contributed by atoms with E-state index in [-0.39, 0.29) is 18.0 Å². The summed E-state index contributed by atoms with van der Waals surface area (Å²) in [6, 6.07) is 7.05. The van der Waals surface area contributed by atoms with E-state index in [1.165, 1.54) is 11.3 Å². The summed E-state index contributed by atoms with van der Waals surface area (Å²) < 4.78 is 0. The number of amides is 3. The molecule has 0 bridgehead atoms. The van der Waals surface area contributed by atoms with Gasteiger partial charge in [-0.15, -0.1) is 11.3 Å². The van der Waals surface area contributed by atoms with Crippen molar-refractivity contribution in [3.8, 4) is 0 Å². The molecule has 0 atom stereocenters. The maximum absolute atomic E-state index is 12.1. The number of rotatable bonds is 6. The number of nitrogens with one attached hydrogen (secondary N) is 3. The van der Waals surface area contributed by atoms with Crippen LogP contribution in [0.25, 0.3) is 0 Å². The number of aryl methyl sites for hydroxylation is 1. The van der Waals surface area contributed by atoms with Gasteiger partial charge in [0, 0.05) is 29.2 Å². The largest absolute Gasteiger partial charge is 0.346 e. The summed E-state index contributed by atoms with van der Waals surface area (Å²) in [5, 5.41) is 11.2. The van der Waals surface area contributed by atoms with Crippen LogP contribution < -0.4 is 16.0 Å². The van der Waals surface area contributed by atoms with Gasteiger partial charge in [-0.05, 0) is 38.5 Å². The topological polar surface area (TPSA) is 83.1 Å². The van der Waals surface area contributed by atoms with E-state index in [1.54, 1.807) is 12.1 Å². The van der Waals surface area contributed by atoms with E-state index in [9.17, 15) is 9.59 Å². The first-order chi connectivity index (χ1) is 11.4. The van der Waals surface area contributed by atoms with Gasteiger partial charge >= 0.3 is 6.03 Å². The lowest BCUT2D eigenvalue weighted by atomic mass is 10.1. The molecule has 3 amide bonds. The zero-order chi connectivity index (χ0) is 17.5. The predicted octanol–water partition coefficient (Wildman–Crippen LogP) is 2.59. The van der Waals surface area contributed by atoms with Crippen LogP contribution in [0.4, 0.5) is 4.79 Å². The normalized spacial score (nSPS) is 10.5. The maximum atomic E-state index is 12.1. The minimum absolute atomic E-state index is 0.0951. The first-order valence-electron chi connectivity index (χ1n) is 7.76. The maximum Gasteiger partial charge on any atom is 0.315 e. The van der Waals surface area contributed by atoms with Crippen LogP contribution in [0.15, 0.2) is 29.6 Å². The molecule has 7 heteroatoms. The van der Waals surface area contributed by atoms with Crippen LogP contribution >= 0.6 is 11.3 Å². The average molecular weight is 346 g/mol. The molecular weight excluding hydrogens is 324 g/mol. The number of thiazole rings is 1. The number of carbonyl (C=O) groups excluding carboxylic acids is 2. The Bertz CT molecular complexity index is 695. The quantitative estimate of drug-likeness (QED) is 0.752. The van der Waals surface area contributed by atoms with Gasteiger partial charge in [0.1, 0.15) is 5.01 Å². The van der Waals surface area contributed by atoms with Crippen molar-refractivity contribution in [3.63, 3.8) is 0 Å². The van der Waals surface area contributed by atoms with E-state index in [0.29, 0.717) is 18.7 Å². The fraction of sp³-hybridized carbons (Fsp3) is 0.353. The molecule has 0 spiro atoms. The molecule has 0 fully saturated rings. The Morgan fingerprint density at radius 1 is 1.12 bits per heavy atom. The first kappa shape index (κ1) is 17.9. The van der Waals surface area contributed by atoms with E-state index < -0.39 is 0 Å². The van der Waals surface area contributed by atoms with Gasteiger partial charge in [0.25, 0.3) is 5.91 Å². The van der Waals surface area contributed by atoms with Crippen LogP contribution in [0.1, 0.15) is 40.5 Å².